The summed E-state index contributed by atoms with van der Waals surface area (Å²) in [7, 11) is 0. The summed E-state index contributed by atoms with van der Waals surface area (Å²) in [6.07, 6.45) is 5.22. The molecule has 5 heteroatoms. The van der Waals surface area contributed by atoms with Crippen molar-refractivity contribution in [1.29, 1.82) is 0 Å². The number of hydrogen-bond donors (Lipinski definition) is 1. The summed E-state index contributed by atoms with van der Waals surface area (Å²) in [5.74, 6) is 0.0362. The molecule has 1 aliphatic carbocycles. The molecule has 0 unspecified atom stereocenters. The third-order valence-electron chi connectivity index (χ3n) is 5.39. The van der Waals surface area contributed by atoms with Gasteiger partial charge in [0.2, 0.25) is 5.91 Å². The van der Waals surface area contributed by atoms with E-state index >= 15 is 0 Å². The normalized spacial score (nSPS) is 21.1. The predicted molar refractivity (Wildman–Crippen MR) is 93.1 cm³/mol. The molecule has 1 saturated heterocycles. The maximum Gasteiger partial charge on any atom is 0.290 e. The van der Waals surface area contributed by atoms with Crippen molar-refractivity contribution in [2.24, 2.45) is 0 Å². The molecule has 2 aliphatic rings. The fourth-order valence-corrected chi connectivity index (χ4v) is 3.71. The molecule has 2 amide bonds. The van der Waals surface area contributed by atoms with Crippen molar-refractivity contribution in [2.75, 3.05) is 13.1 Å². The Morgan fingerprint density at radius 3 is 2.64 bits per heavy atom. The third kappa shape index (κ3) is 3.06. The molecule has 1 aliphatic heterocycles. The Kier molecular flexibility index (Phi) is 4.07. The van der Waals surface area contributed by atoms with Gasteiger partial charge in [0.1, 0.15) is 6.04 Å². The number of carbonyl (C=O) groups excluding carboxylic acids is 2. The first-order valence-corrected chi connectivity index (χ1v) is 8.87. The Bertz CT molecular complexity index is 751. The van der Waals surface area contributed by atoms with Crippen molar-refractivity contribution in [2.45, 2.75) is 37.1 Å². The van der Waals surface area contributed by atoms with Crippen LogP contribution in [0.25, 0.3) is 0 Å². The number of nitrogens with one attached hydrogen (secondary N) is 1. The predicted octanol–water partition coefficient (Wildman–Crippen LogP) is 2.73. The van der Waals surface area contributed by atoms with Gasteiger partial charge < -0.3 is 14.6 Å². The van der Waals surface area contributed by atoms with Crippen LogP contribution in [-0.2, 0) is 10.2 Å². The lowest BCUT2D eigenvalue weighted by atomic mass is 9.96. The van der Waals surface area contributed by atoms with Crippen molar-refractivity contribution in [3.8, 4) is 0 Å². The first kappa shape index (κ1) is 15.9. The minimum Gasteiger partial charge on any atom is -0.459 e. The second kappa shape index (κ2) is 6.39. The minimum atomic E-state index is -0.399. The van der Waals surface area contributed by atoms with Crippen LogP contribution in [0.5, 0.6) is 0 Å². The van der Waals surface area contributed by atoms with E-state index in [1.807, 2.05) is 18.2 Å². The zero-order chi connectivity index (χ0) is 17.3. The van der Waals surface area contributed by atoms with E-state index in [0.717, 1.165) is 19.3 Å². The van der Waals surface area contributed by atoms with Crippen molar-refractivity contribution < 1.29 is 14.0 Å². The molecule has 4 rings (SSSR count). The van der Waals surface area contributed by atoms with Crippen molar-refractivity contribution in [3.05, 3.63) is 60.1 Å². The maximum absolute atomic E-state index is 12.7. The molecule has 2 heterocycles. The molecule has 1 aromatic heterocycles. The van der Waals surface area contributed by atoms with Gasteiger partial charge in [-0.05, 0) is 43.4 Å². The first-order chi connectivity index (χ1) is 12.2. The summed E-state index contributed by atoms with van der Waals surface area (Å²) in [4.78, 5) is 26.8. The molecule has 0 radical (unpaired) electrons. The van der Waals surface area contributed by atoms with Crippen LogP contribution in [0.2, 0.25) is 0 Å². The molecular weight excluding hydrogens is 316 g/mol. The SMILES string of the molecule is O=C(NCC1(c2ccccc2)CC1)[C@H]1CCCN1C(=O)c1ccco1. The van der Waals surface area contributed by atoms with E-state index in [9.17, 15) is 9.59 Å². The molecule has 2 aromatic rings. The van der Waals surface area contributed by atoms with Crippen LogP contribution >= 0.6 is 0 Å². The van der Waals surface area contributed by atoms with Crippen LogP contribution in [0.15, 0.2) is 53.1 Å². The molecule has 130 valence electrons. The zero-order valence-corrected chi connectivity index (χ0v) is 14.1. The van der Waals surface area contributed by atoms with E-state index in [1.165, 1.54) is 11.8 Å². The Balaban J connectivity index is 1.40. The average molecular weight is 338 g/mol. The highest BCUT2D eigenvalue weighted by Crippen LogP contribution is 2.47. The van der Waals surface area contributed by atoms with E-state index < -0.39 is 6.04 Å². The van der Waals surface area contributed by atoms with Gasteiger partial charge in [0.25, 0.3) is 5.91 Å². The summed E-state index contributed by atoms with van der Waals surface area (Å²) >= 11 is 0. The monoisotopic (exact) mass is 338 g/mol. The average Bonchev–Trinajstić information content (AvgIpc) is 3.06. The number of likely N-dealkylation sites (tertiary alicyclic amines) is 1. The fraction of sp³-hybridized carbons (Fsp3) is 0.400. The molecule has 0 spiro atoms. The van der Waals surface area contributed by atoms with Gasteiger partial charge in [0, 0.05) is 18.5 Å². The Hall–Kier alpha value is -2.56. The standard InChI is InChI=1S/C20H22N2O3/c23-18(21-14-20(10-11-20)15-6-2-1-3-7-15)16-8-4-12-22(16)19(24)17-9-5-13-25-17/h1-3,5-7,9,13,16H,4,8,10-12,14H2,(H,21,23)/t16-/m1/s1. The lowest BCUT2D eigenvalue weighted by Crippen LogP contribution is -2.47. The number of benzene rings is 1. The highest BCUT2D eigenvalue weighted by molar-refractivity contribution is 5.96. The van der Waals surface area contributed by atoms with Gasteiger partial charge in [-0.15, -0.1) is 0 Å². The van der Waals surface area contributed by atoms with Crippen molar-refractivity contribution in [3.63, 3.8) is 0 Å². The zero-order valence-electron chi connectivity index (χ0n) is 14.1. The van der Waals surface area contributed by atoms with Crippen LogP contribution in [-0.4, -0.2) is 35.8 Å². The quantitative estimate of drug-likeness (QED) is 0.912. The summed E-state index contributed by atoms with van der Waals surface area (Å²) < 4.78 is 5.19. The lowest BCUT2D eigenvalue weighted by Gasteiger charge is -2.24. The minimum absolute atomic E-state index is 0.0559. The van der Waals surface area contributed by atoms with Crippen molar-refractivity contribution >= 4 is 11.8 Å². The number of rotatable bonds is 5. The van der Waals surface area contributed by atoms with Crippen LogP contribution < -0.4 is 5.32 Å². The summed E-state index contributed by atoms with van der Waals surface area (Å²) in [6.45, 7) is 1.23. The fourth-order valence-electron chi connectivity index (χ4n) is 3.71. The van der Waals surface area contributed by atoms with E-state index in [2.05, 4.69) is 17.4 Å². The summed E-state index contributed by atoms with van der Waals surface area (Å²) in [5.41, 5.74) is 1.36. The third-order valence-corrected chi connectivity index (χ3v) is 5.39. The number of furan rings is 1. The Morgan fingerprint density at radius 2 is 1.96 bits per heavy atom. The second-order valence-corrected chi connectivity index (χ2v) is 7.00. The lowest BCUT2D eigenvalue weighted by molar-refractivity contribution is -0.125. The van der Waals surface area contributed by atoms with E-state index in [1.54, 1.807) is 17.0 Å². The highest BCUT2D eigenvalue weighted by Gasteiger charge is 2.45. The van der Waals surface area contributed by atoms with Crippen LogP contribution in [0.1, 0.15) is 41.8 Å². The first-order valence-electron chi connectivity index (χ1n) is 8.87. The van der Waals surface area contributed by atoms with Crippen LogP contribution in [0.4, 0.5) is 0 Å². The highest BCUT2D eigenvalue weighted by atomic mass is 16.3. The van der Waals surface area contributed by atoms with Crippen LogP contribution in [0, 0.1) is 0 Å². The number of nitrogens with zero attached hydrogens (tertiary/aromatic N) is 1. The molecule has 1 N–H and O–H groups in total. The van der Waals surface area contributed by atoms with Gasteiger partial charge >= 0.3 is 0 Å². The molecule has 5 nitrogen and oxygen atoms in total. The molecule has 1 aromatic carbocycles. The van der Waals surface area contributed by atoms with Gasteiger partial charge in [-0.2, -0.15) is 0 Å². The molecule has 2 fully saturated rings. The van der Waals surface area contributed by atoms with E-state index in [-0.39, 0.29) is 17.2 Å². The second-order valence-electron chi connectivity index (χ2n) is 7.00. The Labute approximate surface area is 147 Å². The van der Waals surface area contributed by atoms with Gasteiger partial charge in [0.15, 0.2) is 5.76 Å². The van der Waals surface area contributed by atoms with E-state index in [4.69, 9.17) is 4.42 Å². The summed E-state index contributed by atoms with van der Waals surface area (Å²) in [6, 6.07) is 13.3. The molecule has 1 saturated carbocycles. The smallest absolute Gasteiger partial charge is 0.290 e. The topological polar surface area (TPSA) is 62.6 Å². The van der Waals surface area contributed by atoms with Gasteiger partial charge in [-0.1, -0.05) is 30.3 Å². The molecular formula is C20H22N2O3. The van der Waals surface area contributed by atoms with Gasteiger partial charge in [-0.3, -0.25) is 9.59 Å². The largest absolute Gasteiger partial charge is 0.459 e. The van der Waals surface area contributed by atoms with Gasteiger partial charge in [-0.25, -0.2) is 0 Å². The van der Waals surface area contributed by atoms with Crippen molar-refractivity contribution in [1.82, 2.24) is 10.2 Å². The van der Waals surface area contributed by atoms with Gasteiger partial charge in [0.05, 0.1) is 6.26 Å². The Morgan fingerprint density at radius 1 is 1.16 bits per heavy atom. The molecule has 25 heavy (non-hydrogen) atoms. The summed E-state index contributed by atoms with van der Waals surface area (Å²) in [5, 5.41) is 3.09. The number of carbonyl (C=O) groups is 2. The number of hydrogen-bond acceptors (Lipinski definition) is 3. The number of amides is 2. The van der Waals surface area contributed by atoms with E-state index in [0.29, 0.717) is 25.3 Å². The van der Waals surface area contributed by atoms with Crippen LogP contribution in [0.3, 0.4) is 0 Å². The maximum atomic E-state index is 12.7. The molecule has 1 atom stereocenters. The molecule has 0 bridgehead atoms.